The number of rotatable bonds is 5. The fraction of sp³-hybridized carbons (Fsp3) is 0.471. The van der Waals surface area contributed by atoms with Crippen LogP contribution in [0, 0.1) is 17.2 Å². The van der Waals surface area contributed by atoms with Crippen molar-refractivity contribution in [2.24, 2.45) is 5.92 Å². The predicted molar refractivity (Wildman–Crippen MR) is 84.9 cm³/mol. The molecule has 1 N–H and O–H groups in total. The van der Waals surface area contributed by atoms with E-state index in [2.05, 4.69) is 5.32 Å². The van der Waals surface area contributed by atoms with Crippen LogP contribution in [0.15, 0.2) is 24.3 Å². The zero-order valence-corrected chi connectivity index (χ0v) is 13.2. The normalized spacial score (nSPS) is 14.9. The molecule has 2 rings (SSSR count). The van der Waals surface area contributed by atoms with E-state index in [1.54, 1.807) is 36.3 Å². The number of benzene rings is 1. The third-order valence-electron chi connectivity index (χ3n) is 4.10. The lowest BCUT2D eigenvalue weighted by molar-refractivity contribution is -0.131. The summed E-state index contributed by atoms with van der Waals surface area (Å²) in [7, 11) is 1.59. The minimum absolute atomic E-state index is 0.0567. The van der Waals surface area contributed by atoms with E-state index in [9.17, 15) is 9.59 Å². The SMILES string of the molecule is COc1ccc(C(=O)NCC2CCN(C(=O)CC#N)CC2)cc1. The van der Waals surface area contributed by atoms with Crippen LogP contribution < -0.4 is 10.1 Å². The standard InChI is InChI=1S/C17H21N3O3/c1-23-15-4-2-14(3-5-15)17(22)19-12-13-7-10-20(11-8-13)16(21)6-9-18/h2-5,13H,6-8,10-12H2,1H3,(H,19,22). The monoisotopic (exact) mass is 315 g/mol. The second kappa shape index (κ2) is 8.18. The highest BCUT2D eigenvalue weighted by molar-refractivity contribution is 5.94. The average molecular weight is 315 g/mol. The Kier molecular flexibility index (Phi) is 5.98. The molecule has 23 heavy (non-hydrogen) atoms. The first kappa shape index (κ1) is 16.8. The Labute approximate surface area is 136 Å². The minimum atomic E-state index is -0.104. The van der Waals surface area contributed by atoms with Gasteiger partial charge in [-0.2, -0.15) is 5.26 Å². The molecule has 0 bridgehead atoms. The molecular formula is C17H21N3O3. The Balaban J connectivity index is 1.75. The third-order valence-corrected chi connectivity index (χ3v) is 4.10. The summed E-state index contributed by atoms with van der Waals surface area (Å²) in [5, 5.41) is 11.5. The van der Waals surface area contributed by atoms with Crippen LogP contribution in [0.3, 0.4) is 0 Å². The Bertz CT molecular complexity index is 584. The molecule has 1 heterocycles. The summed E-state index contributed by atoms with van der Waals surface area (Å²) in [6, 6.07) is 8.87. The molecule has 1 fully saturated rings. The van der Waals surface area contributed by atoms with E-state index in [0.29, 0.717) is 31.1 Å². The molecule has 122 valence electrons. The number of amides is 2. The van der Waals surface area contributed by atoms with E-state index in [1.807, 2.05) is 6.07 Å². The molecule has 0 atom stereocenters. The maximum atomic E-state index is 12.1. The first-order valence-electron chi connectivity index (χ1n) is 7.71. The fourth-order valence-electron chi connectivity index (χ4n) is 2.65. The van der Waals surface area contributed by atoms with Crippen molar-refractivity contribution in [3.8, 4) is 11.8 Å². The lowest BCUT2D eigenvalue weighted by atomic mass is 9.96. The molecule has 2 amide bonds. The van der Waals surface area contributed by atoms with E-state index < -0.39 is 0 Å². The van der Waals surface area contributed by atoms with Gasteiger partial charge in [-0.25, -0.2) is 0 Å². The van der Waals surface area contributed by atoms with Crippen molar-refractivity contribution in [3.63, 3.8) is 0 Å². The Morgan fingerprint density at radius 1 is 1.30 bits per heavy atom. The van der Waals surface area contributed by atoms with Crippen LogP contribution in [0.1, 0.15) is 29.6 Å². The van der Waals surface area contributed by atoms with Crippen molar-refractivity contribution in [2.75, 3.05) is 26.7 Å². The molecule has 0 saturated carbocycles. The number of nitriles is 1. The molecule has 1 aliphatic heterocycles. The van der Waals surface area contributed by atoms with E-state index in [4.69, 9.17) is 10.00 Å². The van der Waals surface area contributed by atoms with Crippen LogP contribution in [0.4, 0.5) is 0 Å². The van der Waals surface area contributed by atoms with E-state index in [-0.39, 0.29) is 18.2 Å². The molecule has 1 aliphatic rings. The largest absolute Gasteiger partial charge is 0.497 e. The topological polar surface area (TPSA) is 82.4 Å². The minimum Gasteiger partial charge on any atom is -0.497 e. The van der Waals surface area contributed by atoms with Crippen molar-refractivity contribution in [1.29, 1.82) is 5.26 Å². The van der Waals surface area contributed by atoms with E-state index >= 15 is 0 Å². The highest BCUT2D eigenvalue weighted by Gasteiger charge is 2.22. The second-order valence-corrected chi connectivity index (χ2v) is 5.60. The summed E-state index contributed by atoms with van der Waals surface area (Å²) in [6.07, 6.45) is 1.64. The molecule has 0 radical (unpaired) electrons. The van der Waals surface area contributed by atoms with Gasteiger partial charge >= 0.3 is 0 Å². The number of carbonyl (C=O) groups excluding carboxylic acids is 2. The summed E-state index contributed by atoms with van der Waals surface area (Å²) >= 11 is 0. The average Bonchev–Trinajstić information content (AvgIpc) is 2.60. The van der Waals surface area contributed by atoms with Gasteiger partial charge in [-0.05, 0) is 43.0 Å². The first-order chi connectivity index (χ1) is 11.1. The number of nitrogens with one attached hydrogen (secondary N) is 1. The van der Waals surface area contributed by atoms with Gasteiger partial charge in [0, 0.05) is 25.2 Å². The third kappa shape index (κ3) is 4.71. The van der Waals surface area contributed by atoms with Gasteiger partial charge in [0.2, 0.25) is 5.91 Å². The van der Waals surface area contributed by atoms with Crippen molar-refractivity contribution in [1.82, 2.24) is 10.2 Å². The highest BCUT2D eigenvalue weighted by Crippen LogP contribution is 2.17. The molecule has 6 heteroatoms. The number of methoxy groups -OCH3 is 1. The van der Waals surface area contributed by atoms with E-state index in [0.717, 1.165) is 18.6 Å². The molecular weight excluding hydrogens is 294 g/mol. The predicted octanol–water partition coefficient (Wildman–Crippen LogP) is 1.58. The summed E-state index contributed by atoms with van der Waals surface area (Å²) in [5.74, 6) is 0.878. The number of hydrogen-bond donors (Lipinski definition) is 1. The van der Waals surface area contributed by atoms with Crippen molar-refractivity contribution < 1.29 is 14.3 Å². The zero-order chi connectivity index (χ0) is 16.7. The number of nitrogens with zero attached hydrogens (tertiary/aromatic N) is 2. The molecule has 1 aromatic rings. The fourth-order valence-corrected chi connectivity index (χ4v) is 2.65. The molecule has 0 spiro atoms. The van der Waals surface area contributed by atoms with Gasteiger partial charge in [0.15, 0.2) is 0 Å². The van der Waals surface area contributed by atoms with Crippen LogP contribution in [-0.2, 0) is 4.79 Å². The second-order valence-electron chi connectivity index (χ2n) is 5.60. The number of ether oxygens (including phenoxy) is 1. The molecule has 0 aromatic heterocycles. The maximum Gasteiger partial charge on any atom is 0.251 e. The Morgan fingerprint density at radius 3 is 2.52 bits per heavy atom. The molecule has 1 saturated heterocycles. The van der Waals surface area contributed by atoms with Gasteiger partial charge in [-0.3, -0.25) is 9.59 Å². The lowest BCUT2D eigenvalue weighted by Gasteiger charge is -2.31. The van der Waals surface area contributed by atoms with Crippen LogP contribution in [-0.4, -0.2) is 43.5 Å². The number of carbonyl (C=O) groups is 2. The van der Waals surface area contributed by atoms with Crippen LogP contribution >= 0.6 is 0 Å². The van der Waals surface area contributed by atoms with Crippen molar-refractivity contribution in [3.05, 3.63) is 29.8 Å². The smallest absolute Gasteiger partial charge is 0.251 e. The van der Waals surface area contributed by atoms with Gasteiger partial charge in [0.1, 0.15) is 12.2 Å². The number of piperidine rings is 1. The number of hydrogen-bond acceptors (Lipinski definition) is 4. The summed E-state index contributed by atoms with van der Waals surface area (Å²) in [6.45, 7) is 1.91. The van der Waals surface area contributed by atoms with Gasteiger partial charge in [0.05, 0.1) is 13.2 Å². The summed E-state index contributed by atoms with van der Waals surface area (Å²) in [4.78, 5) is 25.5. The lowest BCUT2D eigenvalue weighted by Crippen LogP contribution is -2.41. The van der Waals surface area contributed by atoms with Crippen LogP contribution in [0.5, 0.6) is 5.75 Å². The molecule has 0 unspecified atom stereocenters. The van der Waals surface area contributed by atoms with Crippen LogP contribution in [0.2, 0.25) is 0 Å². The van der Waals surface area contributed by atoms with Crippen molar-refractivity contribution in [2.45, 2.75) is 19.3 Å². The van der Waals surface area contributed by atoms with Crippen molar-refractivity contribution >= 4 is 11.8 Å². The number of likely N-dealkylation sites (tertiary alicyclic amines) is 1. The van der Waals surface area contributed by atoms with Gasteiger partial charge in [0.25, 0.3) is 5.91 Å². The Morgan fingerprint density at radius 2 is 1.96 bits per heavy atom. The zero-order valence-electron chi connectivity index (χ0n) is 13.2. The molecule has 6 nitrogen and oxygen atoms in total. The quantitative estimate of drug-likeness (QED) is 0.894. The van der Waals surface area contributed by atoms with E-state index in [1.165, 1.54) is 0 Å². The van der Waals surface area contributed by atoms with Gasteiger partial charge < -0.3 is 15.0 Å². The molecule has 1 aromatic carbocycles. The first-order valence-corrected chi connectivity index (χ1v) is 7.71. The van der Waals surface area contributed by atoms with Gasteiger partial charge in [-0.1, -0.05) is 0 Å². The Hall–Kier alpha value is -2.55. The summed E-state index contributed by atoms with van der Waals surface area (Å²) < 4.78 is 5.07. The molecule has 0 aliphatic carbocycles. The van der Waals surface area contributed by atoms with Gasteiger partial charge in [-0.15, -0.1) is 0 Å². The highest BCUT2D eigenvalue weighted by atomic mass is 16.5. The summed E-state index contributed by atoms with van der Waals surface area (Å²) in [5.41, 5.74) is 0.604. The van der Waals surface area contributed by atoms with Crippen LogP contribution in [0.25, 0.3) is 0 Å². The maximum absolute atomic E-state index is 12.1.